The summed E-state index contributed by atoms with van der Waals surface area (Å²) in [6.45, 7) is 0. The summed E-state index contributed by atoms with van der Waals surface area (Å²) in [5.41, 5.74) is 0. The second-order valence-electron chi connectivity index (χ2n) is 13.3. The van der Waals surface area contributed by atoms with Crippen molar-refractivity contribution in [3.8, 4) is 0 Å². The van der Waals surface area contributed by atoms with Gasteiger partial charge in [-0.05, 0) is 103 Å². The van der Waals surface area contributed by atoms with Crippen LogP contribution in [0, 0.1) is 0 Å². The van der Waals surface area contributed by atoms with Gasteiger partial charge in [0.1, 0.15) is 44.7 Å². The second kappa shape index (κ2) is 24.2. The average Bonchev–Trinajstić information content (AvgIpc) is 3.03. The Hall–Kier alpha value is -0.300. The fraction of sp³-hybridized carbons (Fsp3) is 0.875. The van der Waals surface area contributed by atoms with Crippen molar-refractivity contribution in [2.24, 2.45) is 0 Å². The smallest absolute Gasteiger partial charge is 0.747 e. The molecular formula is C32H50Na2O14S2. The van der Waals surface area contributed by atoms with Crippen LogP contribution in [0.4, 0.5) is 0 Å². The van der Waals surface area contributed by atoms with E-state index in [0.717, 1.165) is 103 Å². The number of rotatable bonds is 12. The van der Waals surface area contributed by atoms with E-state index in [9.17, 15) is 45.1 Å². The molecule has 0 bridgehead atoms. The van der Waals surface area contributed by atoms with Crippen LogP contribution in [-0.4, -0.2) is 84.7 Å². The molecule has 18 heteroatoms. The number of hydrogen-bond acceptors (Lipinski definition) is 14. The van der Waals surface area contributed by atoms with Crippen molar-refractivity contribution < 1.29 is 123 Å². The summed E-state index contributed by atoms with van der Waals surface area (Å²) in [6.07, 6.45) is 14.4. The van der Waals surface area contributed by atoms with Crippen LogP contribution in [0.5, 0.6) is 0 Å². The minimum atomic E-state index is -4.98. The van der Waals surface area contributed by atoms with E-state index in [1.54, 1.807) is 0 Å². The molecule has 4 aliphatic rings. The van der Waals surface area contributed by atoms with Crippen molar-refractivity contribution in [1.82, 2.24) is 0 Å². The van der Waals surface area contributed by atoms with Gasteiger partial charge in [0.05, 0.1) is 12.8 Å². The van der Waals surface area contributed by atoms with Crippen molar-refractivity contribution in [2.75, 3.05) is 0 Å². The third-order valence-corrected chi connectivity index (χ3v) is 11.4. The third kappa shape index (κ3) is 18.2. The second-order valence-corrected chi connectivity index (χ2v) is 16.4. The fourth-order valence-corrected chi connectivity index (χ4v) is 7.85. The predicted octanol–water partition coefficient (Wildman–Crippen LogP) is -1.91. The Bertz CT molecular complexity index is 1170. The van der Waals surface area contributed by atoms with Gasteiger partial charge in [0.2, 0.25) is 0 Å². The van der Waals surface area contributed by atoms with Crippen LogP contribution in [0.25, 0.3) is 0 Å². The average molecular weight is 769 g/mol. The van der Waals surface area contributed by atoms with Gasteiger partial charge in [-0.15, -0.1) is 0 Å². The summed E-state index contributed by atoms with van der Waals surface area (Å²) in [6, 6.07) is 0. The van der Waals surface area contributed by atoms with Gasteiger partial charge < -0.3 is 28.1 Å². The maximum absolute atomic E-state index is 12.1. The number of carbonyl (C=O) groups is 4. The monoisotopic (exact) mass is 768 g/mol. The maximum atomic E-state index is 12.1. The molecule has 0 radical (unpaired) electrons. The van der Waals surface area contributed by atoms with Gasteiger partial charge in [0.25, 0.3) is 0 Å². The van der Waals surface area contributed by atoms with Gasteiger partial charge in [-0.2, -0.15) is 0 Å². The number of esters is 4. The Balaban J connectivity index is 0.000000481. The Kier molecular flexibility index (Phi) is 23.1. The molecule has 0 N–H and O–H groups in total. The van der Waals surface area contributed by atoms with Crippen LogP contribution in [0.15, 0.2) is 0 Å². The van der Waals surface area contributed by atoms with Crippen LogP contribution < -0.4 is 59.1 Å². The molecule has 4 rings (SSSR count). The molecule has 4 saturated carbocycles. The van der Waals surface area contributed by atoms with E-state index in [2.05, 4.69) is 0 Å². The van der Waals surface area contributed by atoms with Crippen LogP contribution in [0.2, 0.25) is 0 Å². The first-order chi connectivity index (χ1) is 22.7. The fourth-order valence-electron chi connectivity index (χ4n) is 6.59. The molecule has 0 amide bonds. The minimum Gasteiger partial charge on any atom is -0.747 e. The van der Waals surface area contributed by atoms with Crippen LogP contribution in [0.1, 0.15) is 141 Å². The Morgan fingerprint density at radius 3 is 0.880 bits per heavy atom. The molecule has 4 fully saturated rings. The van der Waals surface area contributed by atoms with E-state index >= 15 is 0 Å². The largest absolute Gasteiger partial charge is 1.00 e. The van der Waals surface area contributed by atoms with Crippen LogP contribution in [-0.2, 0) is 58.4 Å². The first-order valence-electron chi connectivity index (χ1n) is 17.4. The molecule has 0 aliphatic heterocycles. The number of hydrogen-bond donors (Lipinski definition) is 0. The summed E-state index contributed by atoms with van der Waals surface area (Å²) in [4.78, 5) is 48.0. The SMILES string of the molecule is O=C(CC(C(=O)OC1CCCCC1)S(=O)(=O)[O-])OC1CCCCC1.O=C(CC(C(=O)OC1CCCCC1)S(=O)(=O)[O-])OC1CCCCC1.[Na+].[Na+]. The predicted molar refractivity (Wildman–Crippen MR) is 168 cm³/mol. The molecule has 50 heavy (non-hydrogen) atoms. The summed E-state index contributed by atoms with van der Waals surface area (Å²) < 4.78 is 89.0. The minimum absolute atomic E-state index is 0. The standard InChI is InChI=1S/2C16H26O7S.2Na/c2*17-15(22-12-7-3-1-4-8-12)11-14(24(19,20)21)16(18)23-13-9-5-2-6-10-13;;/h2*12-14H,1-11H2,(H,19,20,21);;/q;;2*+1/p-2. The molecule has 0 aromatic heterocycles. The molecule has 276 valence electrons. The Morgan fingerprint density at radius 1 is 0.440 bits per heavy atom. The summed E-state index contributed by atoms with van der Waals surface area (Å²) in [7, 11) is -9.95. The van der Waals surface area contributed by atoms with Gasteiger partial charge in [-0.3, -0.25) is 19.2 Å². The topological polar surface area (TPSA) is 220 Å². The number of carbonyl (C=O) groups excluding carboxylic acids is 4. The molecule has 0 aromatic rings. The Labute approximate surface area is 340 Å². The van der Waals surface area contributed by atoms with Gasteiger partial charge in [-0.1, -0.05) is 25.7 Å². The van der Waals surface area contributed by atoms with E-state index in [4.69, 9.17) is 18.9 Å². The molecular weight excluding hydrogens is 718 g/mol. The van der Waals surface area contributed by atoms with E-state index in [1.165, 1.54) is 0 Å². The van der Waals surface area contributed by atoms with Crippen LogP contribution >= 0.6 is 0 Å². The molecule has 2 unspecified atom stereocenters. The zero-order valence-electron chi connectivity index (χ0n) is 29.6. The maximum Gasteiger partial charge on any atom is 1.00 e. The van der Waals surface area contributed by atoms with Gasteiger partial charge in [-0.25, -0.2) is 16.8 Å². The zero-order valence-corrected chi connectivity index (χ0v) is 35.2. The molecule has 0 aromatic carbocycles. The Morgan fingerprint density at radius 2 is 0.660 bits per heavy atom. The van der Waals surface area contributed by atoms with Crippen molar-refractivity contribution >= 4 is 44.1 Å². The molecule has 0 spiro atoms. The first-order valence-corrected chi connectivity index (χ1v) is 20.4. The third-order valence-electron chi connectivity index (χ3n) is 9.30. The normalized spacial score (nSPS) is 21.0. The quantitative estimate of drug-likeness (QED) is 0.0916. The van der Waals surface area contributed by atoms with Gasteiger partial charge in [0.15, 0.2) is 10.5 Å². The summed E-state index contributed by atoms with van der Waals surface area (Å²) in [5, 5.41) is -4.04. The molecule has 0 saturated heterocycles. The van der Waals surface area contributed by atoms with Crippen LogP contribution in [0.3, 0.4) is 0 Å². The van der Waals surface area contributed by atoms with Crippen molar-refractivity contribution in [1.29, 1.82) is 0 Å². The zero-order chi connectivity index (χ0) is 35.2. The van der Waals surface area contributed by atoms with Crippen molar-refractivity contribution in [3.63, 3.8) is 0 Å². The van der Waals surface area contributed by atoms with E-state index in [0.29, 0.717) is 25.7 Å². The molecule has 4 aliphatic carbocycles. The molecule has 0 heterocycles. The van der Waals surface area contributed by atoms with E-state index in [1.807, 2.05) is 0 Å². The molecule has 14 nitrogen and oxygen atoms in total. The number of ether oxygens (including phenoxy) is 4. The van der Waals surface area contributed by atoms with E-state index in [-0.39, 0.29) is 83.5 Å². The summed E-state index contributed by atoms with van der Waals surface area (Å²) >= 11 is 0. The van der Waals surface area contributed by atoms with E-state index < -0.39 is 67.5 Å². The summed E-state index contributed by atoms with van der Waals surface area (Å²) in [5.74, 6) is -3.91. The van der Waals surface area contributed by atoms with Crippen molar-refractivity contribution in [2.45, 2.75) is 176 Å². The molecule has 2 atom stereocenters. The van der Waals surface area contributed by atoms with Crippen molar-refractivity contribution in [3.05, 3.63) is 0 Å². The van der Waals surface area contributed by atoms with Gasteiger partial charge >= 0.3 is 83.0 Å². The van der Waals surface area contributed by atoms with Gasteiger partial charge in [0, 0.05) is 0 Å². The first kappa shape index (κ1) is 47.7.